The maximum Gasteiger partial charge on any atom is 0.251 e. The van der Waals surface area contributed by atoms with Crippen LogP contribution in [0, 0.1) is 0 Å². The maximum atomic E-state index is 13.3. The molecule has 4 aromatic rings. The first kappa shape index (κ1) is 22.5. The standard InChI is InChI=1S/C29H29N5O2/c35-27(32-20-21-8-15-33-18-14-31-26(33)19-21)24-6-4-22(5-7-24)23-9-16-34(17-10-23)28(36)29(11-12-29)25-3-1-2-13-30-25/h1-8,13-15,18-19,23H,9-12,16-17,20H2,(H,32,35). The Morgan fingerprint density at radius 2 is 1.75 bits per heavy atom. The Bertz CT molecular complexity index is 1380. The fourth-order valence-corrected chi connectivity index (χ4v) is 5.32. The highest BCUT2D eigenvalue weighted by molar-refractivity contribution is 5.94. The van der Waals surface area contributed by atoms with Crippen molar-refractivity contribution in [3.05, 3.63) is 102 Å². The first-order valence-corrected chi connectivity index (χ1v) is 12.6. The van der Waals surface area contributed by atoms with Crippen LogP contribution in [0.5, 0.6) is 0 Å². The molecule has 1 aliphatic carbocycles. The summed E-state index contributed by atoms with van der Waals surface area (Å²) in [5.74, 6) is 0.547. The first-order valence-electron chi connectivity index (χ1n) is 12.6. The number of hydrogen-bond acceptors (Lipinski definition) is 4. The normalized spacial score (nSPS) is 17.2. The van der Waals surface area contributed by atoms with E-state index in [1.165, 1.54) is 5.56 Å². The van der Waals surface area contributed by atoms with Crippen LogP contribution in [0.2, 0.25) is 0 Å². The molecule has 182 valence electrons. The molecule has 3 aromatic heterocycles. The molecule has 0 spiro atoms. The van der Waals surface area contributed by atoms with Gasteiger partial charge in [0.15, 0.2) is 0 Å². The maximum absolute atomic E-state index is 13.3. The highest BCUT2D eigenvalue weighted by atomic mass is 16.2. The van der Waals surface area contributed by atoms with Gasteiger partial charge < -0.3 is 14.6 Å². The molecule has 36 heavy (non-hydrogen) atoms. The van der Waals surface area contributed by atoms with E-state index >= 15 is 0 Å². The van der Waals surface area contributed by atoms with Crippen LogP contribution in [0.15, 0.2) is 79.4 Å². The van der Waals surface area contributed by atoms with E-state index in [4.69, 9.17) is 0 Å². The van der Waals surface area contributed by atoms with Crippen LogP contribution in [0.25, 0.3) is 5.65 Å². The lowest BCUT2D eigenvalue weighted by atomic mass is 9.88. The smallest absolute Gasteiger partial charge is 0.251 e. The van der Waals surface area contributed by atoms with Gasteiger partial charge in [0.2, 0.25) is 5.91 Å². The Labute approximate surface area is 210 Å². The molecule has 0 unspecified atom stereocenters. The van der Waals surface area contributed by atoms with Crippen LogP contribution in [-0.2, 0) is 16.8 Å². The minimum Gasteiger partial charge on any atom is -0.348 e. The zero-order valence-electron chi connectivity index (χ0n) is 20.1. The minimum absolute atomic E-state index is 0.0885. The Kier molecular flexibility index (Phi) is 5.76. The van der Waals surface area contributed by atoms with Gasteiger partial charge in [0.05, 0.1) is 11.1 Å². The van der Waals surface area contributed by atoms with Crippen molar-refractivity contribution in [1.82, 2.24) is 24.6 Å². The minimum atomic E-state index is -0.395. The quantitative estimate of drug-likeness (QED) is 0.452. The van der Waals surface area contributed by atoms with E-state index in [2.05, 4.69) is 27.4 Å². The molecule has 1 aromatic carbocycles. The Hall–Kier alpha value is -4.00. The number of likely N-dealkylation sites (tertiary alicyclic amines) is 1. The number of aromatic nitrogens is 3. The number of pyridine rings is 2. The van der Waals surface area contributed by atoms with Crippen molar-refractivity contribution in [3.8, 4) is 0 Å². The predicted molar refractivity (Wildman–Crippen MR) is 137 cm³/mol. The van der Waals surface area contributed by atoms with Gasteiger partial charge in [-0.3, -0.25) is 14.6 Å². The number of carbonyl (C=O) groups excluding carboxylic acids is 2. The molecule has 4 heterocycles. The van der Waals surface area contributed by atoms with Gasteiger partial charge in [-0.1, -0.05) is 18.2 Å². The van der Waals surface area contributed by atoms with E-state index in [-0.39, 0.29) is 11.8 Å². The van der Waals surface area contributed by atoms with Gasteiger partial charge in [0, 0.05) is 50.0 Å². The molecular formula is C29H29N5O2. The molecule has 7 heteroatoms. The third-order valence-electron chi connectivity index (χ3n) is 7.66. The van der Waals surface area contributed by atoms with Gasteiger partial charge >= 0.3 is 0 Å². The van der Waals surface area contributed by atoms with Crippen molar-refractivity contribution in [2.75, 3.05) is 13.1 Å². The molecular weight excluding hydrogens is 450 g/mol. The SMILES string of the molecule is O=C(NCc1ccn2ccnc2c1)c1ccc(C2CCN(C(=O)C3(c4ccccn4)CC3)CC2)cc1. The lowest BCUT2D eigenvalue weighted by molar-refractivity contribution is -0.135. The summed E-state index contributed by atoms with van der Waals surface area (Å²) in [7, 11) is 0. The second kappa shape index (κ2) is 9.22. The van der Waals surface area contributed by atoms with Crippen molar-refractivity contribution in [2.45, 2.75) is 43.6 Å². The van der Waals surface area contributed by atoms with Crippen molar-refractivity contribution in [1.29, 1.82) is 0 Å². The topological polar surface area (TPSA) is 79.6 Å². The number of carbonyl (C=O) groups is 2. The van der Waals surface area contributed by atoms with Crippen LogP contribution in [0.1, 0.15) is 58.8 Å². The van der Waals surface area contributed by atoms with E-state index in [9.17, 15) is 9.59 Å². The number of fused-ring (bicyclic) bond motifs is 1. The first-order chi connectivity index (χ1) is 17.6. The monoisotopic (exact) mass is 479 g/mol. The van der Waals surface area contributed by atoms with E-state index in [1.54, 1.807) is 12.4 Å². The van der Waals surface area contributed by atoms with Crippen molar-refractivity contribution in [3.63, 3.8) is 0 Å². The third kappa shape index (κ3) is 4.26. The zero-order valence-corrected chi connectivity index (χ0v) is 20.1. The summed E-state index contributed by atoms with van der Waals surface area (Å²) in [6, 6.07) is 17.7. The van der Waals surface area contributed by atoms with Crippen LogP contribution in [-0.4, -0.2) is 44.2 Å². The van der Waals surface area contributed by atoms with Crippen LogP contribution in [0.3, 0.4) is 0 Å². The summed E-state index contributed by atoms with van der Waals surface area (Å²) < 4.78 is 1.94. The van der Waals surface area contributed by atoms with E-state index in [1.807, 2.05) is 64.2 Å². The molecule has 0 bridgehead atoms. The highest BCUT2D eigenvalue weighted by Gasteiger charge is 2.54. The fourth-order valence-electron chi connectivity index (χ4n) is 5.32. The molecule has 1 N–H and O–H groups in total. The van der Waals surface area contributed by atoms with Gasteiger partial charge in [0.1, 0.15) is 5.65 Å². The summed E-state index contributed by atoms with van der Waals surface area (Å²) in [5.41, 5.74) is 4.27. The van der Waals surface area contributed by atoms with Gasteiger partial charge in [-0.25, -0.2) is 4.98 Å². The number of hydrogen-bond donors (Lipinski definition) is 1. The molecule has 2 fully saturated rings. The lowest BCUT2D eigenvalue weighted by Crippen LogP contribution is -2.43. The molecule has 0 radical (unpaired) electrons. The second-order valence-corrected chi connectivity index (χ2v) is 9.90. The Morgan fingerprint density at radius 3 is 2.47 bits per heavy atom. The molecule has 1 saturated carbocycles. The second-order valence-electron chi connectivity index (χ2n) is 9.90. The van der Waals surface area contributed by atoms with Crippen LogP contribution < -0.4 is 5.32 Å². The number of nitrogens with zero attached hydrogens (tertiary/aromatic N) is 4. The van der Waals surface area contributed by atoms with Gasteiger partial charge in [-0.05, 0) is 79.1 Å². The number of piperidine rings is 1. The molecule has 7 nitrogen and oxygen atoms in total. The van der Waals surface area contributed by atoms with Gasteiger partial charge in [-0.2, -0.15) is 0 Å². The lowest BCUT2D eigenvalue weighted by Gasteiger charge is -2.34. The number of benzene rings is 1. The molecule has 1 aliphatic heterocycles. The number of amides is 2. The summed E-state index contributed by atoms with van der Waals surface area (Å²) in [6.45, 7) is 1.98. The van der Waals surface area contributed by atoms with E-state index in [0.29, 0.717) is 18.0 Å². The summed E-state index contributed by atoms with van der Waals surface area (Å²) >= 11 is 0. The molecule has 0 atom stereocenters. The zero-order chi connectivity index (χ0) is 24.5. The van der Waals surface area contributed by atoms with Crippen LogP contribution in [0.4, 0.5) is 0 Å². The number of nitrogens with one attached hydrogen (secondary N) is 1. The molecule has 2 amide bonds. The van der Waals surface area contributed by atoms with Crippen molar-refractivity contribution < 1.29 is 9.59 Å². The van der Waals surface area contributed by atoms with E-state index < -0.39 is 5.41 Å². The average Bonchev–Trinajstić information content (AvgIpc) is 3.62. The Balaban J connectivity index is 1.03. The summed E-state index contributed by atoms with van der Waals surface area (Å²) in [4.78, 5) is 36.8. The van der Waals surface area contributed by atoms with Crippen LogP contribution >= 0.6 is 0 Å². The summed E-state index contributed by atoms with van der Waals surface area (Å²) in [6.07, 6.45) is 11.0. The van der Waals surface area contributed by atoms with Crippen molar-refractivity contribution >= 4 is 17.5 Å². The van der Waals surface area contributed by atoms with Crippen molar-refractivity contribution in [2.24, 2.45) is 0 Å². The fraction of sp³-hybridized carbons (Fsp3) is 0.310. The largest absolute Gasteiger partial charge is 0.348 e. The third-order valence-corrected chi connectivity index (χ3v) is 7.66. The molecule has 1 saturated heterocycles. The van der Waals surface area contributed by atoms with Gasteiger partial charge in [-0.15, -0.1) is 0 Å². The predicted octanol–water partition coefficient (Wildman–Crippen LogP) is 4.10. The van der Waals surface area contributed by atoms with E-state index in [0.717, 1.165) is 55.7 Å². The number of imidazole rings is 1. The highest BCUT2D eigenvalue weighted by Crippen LogP contribution is 2.49. The average molecular weight is 480 g/mol. The number of rotatable bonds is 6. The van der Waals surface area contributed by atoms with Gasteiger partial charge in [0.25, 0.3) is 5.91 Å². The Morgan fingerprint density at radius 1 is 0.944 bits per heavy atom. The summed E-state index contributed by atoms with van der Waals surface area (Å²) in [5, 5.41) is 3.00. The molecule has 2 aliphatic rings. The molecule has 6 rings (SSSR count).